The van der Waals surface area contributed by atoms with Gasteiger partial charge in [0.15, 0.2) is 0 Å². The van der Waals surface area contributed by atoms with Gasteiger partial charge in [0.2, 0.25) is 5.91 Å². The van der Waals surface area contributed by atoms with Crippen molar-refractivity contribution >= 4 is 5.91 Å². The summed E-state index contributed by atoms with van der Waals surface area (Å²) in [7, 11) is 0. The van der Waals surface area contributed by atoms with Crippen molar-refractivity contribution in [2.75, 3.05) is 0 Å². The molecule has 0 aliphatic heterocycles. The maximum atomic E-state index is 11.7. The minimum Gasteiger partial charge on any atom is -0.347 e. The van der Waals surface area contributed by atoms with Gasteiger partial charge in [0.25, 0.3) is 0 Å². The number of imidazole rings is 1. The monoisotopic (exact) mass is 207 g/mol. The SMILES string of the molecule is CCC(NC(=O)C1CC1C)c1ncc[nH]1. The first-order valence-corrected chi connectivity index (χ1v) is 5.52. The van der Waals surface area contributed by atoms with Gasteiger partial charge in [0.1, 0.15) is 5.82 Å². The van der Waals surface area contributed by atoms with Crippen molar-refractivity contribution < 1.29 is 4.79 Å². The normalized spacial score (nSPS) is 26.0. The molecule has 0 aromatic carbocycles. The fourth-order valence-corrected chi connectivity index (χ4v) is 1.80. The van der Waals surface area contributed by atoms with E-state index in [0.717, 1.165) is 18.7 Å². The Morgan fingerprint density at radius 2 is 2.53 bits per heavy atom. The second-order valence-corrected chi connectivity index (χ2v) is 4.26. The van der Waals surface area contributed by atoms with Crippen LogP contribution < -0.4 is 5.32 Å². The highest BCUT2D eigenvalue weighted by Crippen LogP contribution is 2.38. The van der Waals surface area contributed by atoms with Gasteiger partial charge in [-0.1, -0.05) is 13.8 Å². The Bertz CT molecular complexity index is 334. The molecule has 82 valence electrons. The van der Waals surface area contributed by atoms with Gasteiger partial charge in [-0.3, -0.25) is 4.79 Å². The van der Waals surface area contributed by atoms with Crippen molar-refractivity contribution in [2.24, 2.45) is 11.8 Å². The average molecular weight is 207 g/mol. The van der Waals surface area contributed by atoms with Gasteiger partial charge in [-0.05, 0) is 18.8 Å². The van der Waals surface area contributed by atoms with Crippen molar-refractivity contribution in [2.45, 2.75) is 32.7 Å². The lowest BCUT2D eigenvalue weighted by molar-refractivity contribution is -0.123. The summed E-state index contributed by atoms with van der Waals surface area (Å²) < 4.78 is 0. The number of carbonyl (C=O) groups is 1. The van der Waals surface area contributed by atoms with E-state index in [1.165, 1.54) is 0 Å². The molecule has 4 nitrogen and oxygen atoms in total. The van der Waals surface area contributed by atoms with E-state index >= 15 is 0 Å². The molecule has 0 saturated heterocycles. The molecule has 15 heavy (non-hydrogen) atoms. The minimum absolute atomic E-state index is 0.0281. The number of nitrogens with zero attached hydrogens (tertiary/aromatic N) is 1. The fraction of sp³-hybridized carbons (Fsp3) is 0.636. The van der Waals surface area contributed by atoms with E-state index in [1.54, 1.807) is 12.4 Å². The van der Waals surface area contributed by atoms with Crippen LogP contribution in [-0.2, 0) is 4.79 Å². The number of rotatable bonds is 4. The topological polar surface area (TPSA) is 57.8 Å². The fourth-order valence-electron chi connectivity index (χ4n) is 1.80. The molecule has 2 N–H and O–H groups in total. The molecule has 0 bridgehead atoms. The first-order valence-electron chi connectivity index (χ1n) is 5.52. The van der Waals surface area contributed by atoms with Crippen molar-refractivity contribution in [1.29, 1.82) is 0 Å². The van der Waals surface area contributed by atoms with Crippen LogP contribution in [0.3, 0.4) is 0 Å². The molecule has 1 aromatic rings. The number of H-pyrrole nitrogens is 1. The lowest BCUT2D eigenvalue weighted by Crippen LogP contribution is -2.30. The minimum atomic E-state index is 0.0281. The average Bonchev–Trinajstić information content (AvgIpc) is 2.77. The van der Waals surface area contributed by atoms with Crippen LogP contribution in [0.25, 0.3) is 0 Å². The first-order chi connectivity index (χ1) is 7.22. The number of aromatic amines is 1. The van der Waals surface area contributed by atoms with Crippen LogP contribution in [-0.4, -0.2) is 15.9 Å². The Balaban J connectivity index is 1.94. The highest BCUT2D eigenvalue weighted by molar-refractivity contribution is 5.81. The zero-order chi connectivity index (χ0) is 10.8. The third kappa shape index (κ3) is 2.19. The van der Waals surface area contributed by atoms with Crippen molar-refractivity contribution in [1.82, 2.24) is 15.3 Å². The van der Waals surface area contributed by atoms with E-state index in [1.807, 2.05) is 6.92 Å². The van der Waals surface area contributed by atoms with Gasteiger partial charge < -0.3 is 10.3 Å². The number of carbonyl (C=O) groups excluding carboxylic acids is 1. The Morgan fingerprint density at radius 3 is 3.00 bits per heavy atom. The smallest absolute Gasteiger partial charge is 0.223 e. The molecule has 3 unspecified atom stereocenters. The molecule has 1 amide bonds. The van der Waals surface area contributed by atoms with Gasteiger partial charge in [-0.25, -0.2) is 4.98 Å². The van der Waals surface area contributed by atoms with E-state index in [4.69, 9.17) is 0 Å². The zero-order valence-electron chi connectivity index (χ0n) is 9.16. The molecule has 3 atom stereocenters. The van der Waals surface area contributed by atoms with Crippen LogP contribution in [0.2, 0.25) is 0 Å². The highest BCUT2D eigenvalue weighted by atomic mass is 16.2. The van der Waals surface area contributed by atoms with E-state index in [2.05, 4.69) is 22.2 Å². The number of aromatic nitrogens is 2. The number of nitrogens with one attached hydrogen (secondary N) is 2. The van der Waals surface area contributed by atoms with Gasteiger partial charge in [-0.15, -0.1) is 0 Å². The van der Waals surface area contributed by atoms with Crippen molar-refractivity contribution in [3.8, 4) is 0 Å². The van der Waals surface area contributed by atoms with Crippen LogP contribution in [0, 0.1) is 11.8 Å². The number of hydrogen-bond acceptors (Lipinski definition) is 2. The molecular weight excluding hydrogens is 190 g/mol. The maximum absolute atomic E-state index is 11.7. The first kappa shape index (κ1) is 10.2. The Kier molecular flexibility index (Phi) is 2.75. The molecule has 0 spiro atoms. The number of hydrogen-bond donors (Lipinski definition) is 2. The maximum Gasteiger partial charge on any atom is 0.223 e. The van der Waals surface area contributed by atoms with E-state index in [-0.39, 0.29) is 17.9 Å². The molecule has 1 fully saturated rings. The molecular formula is C11H17N3O. The third-order valence-electron chi connectivity index (χ3n) is 3.02. The molecule has 1 heterocycles. The van der Waals surface area contributed by atoms with Crippen LogP contribution >= 0.6 is 0 Å². The summed E-state index contributed by atoms with van der Waals surface area (Å²) in [6.45, 7) is 4.15. The lowest BCUT2D eigenvalue weighted by atomic mass is 10.2. The van der Waals surface area contributed by atoms with Gasteiger partial charge in [0.05, 0.1) is 6.04 Å². The summed E-state index contributed by atoms with van der Waals surface area (Å²) in [6.07, 6.45) is 5.38. The summed E-state index contributed by atoms with van der Waals surface area (Å²) in [5, 5.41) is 3.03. The molecule has 0 radical (unpaired) electrons. The van der Waals surface area contributed by atoms with Crippen LogP contribution in [0.1, 0.15) is 38.6 Å². The van der Waals surface area contributed by atoms with Gasteiger partial charge in [-0.2, -0.15) is 0 Å². The Labute approximate surface area is 89.5 Å². The van der Waals surface area contributed by atoms with Crippen molar-refractivity contribution in [3.63, 3.8) is 0 Å². The molecule has 1 aliphatic rings. The second kappa shape index (κ2) is 4.04. The predicted octanol–water partition coefficient (Wildman–Crippen LogP) is 1.63. The van der Waals surface area contributed by atoms with Crippen LogP contribution in [0.5, 0.6) is 0 Å². The largest absolute Gasteiger partial charge is 0.347 e. The third-order valence-corrected chi connectivity index (χ3v) is 3.02. The highest BCUT2D eigenvalue weighted by Gasteiger charge is 2.39. The molecule has 1 aromatic heterocycles. The predicted molar refractivity (Wildman–Crippen MR) is 57.0 cm³/mol. The van der Waals surface area contributed by atoms with Crippen LogP contribution in [0.4, 0.5) is 0 Å². The zero-order valence-corrected chi connectivity index (χ0v) is 9.16. The van der Waals surface area contributed by atoms with Crippen LogP contribution in [0.15, 0.2) is 12.4 Å². The summed E-state index contributed by atoms with van der Waals surface area (Å²) in [6, 6.07) is 0.0281. The van der Waals surface area contributed by atoms with Gasteiger partial charge >= 0.3 is 0 Å². The second-order valence-electron chi connectivity index (χ2n) is 4.26. The Hall–Kier alpha value is -1.32. The summed E-state index contributed by atoms with van der Waals surface area (Å²) in [5.74, 6) is 1.80. The summed E-state index contributed by atoms with van der Waals surface area (Å²) >= 11 is 0. The van der Waals surface area contributed by atoms with E-state index < -0.39 is 0 Å². The van der Waals surface area contributed by atoms with Gasteiger partial charge in [0, 0.05) is 18.3 Å². The van der Waals surface area contributed by atoms with Crippen molar-refractivity contribution in [3.05, 3.63) is 18.2 Å². The number of amides is 1. The quantitative estimate of drug-likeness (QED) is 0.788. The summed E-state index contributed by atoms with van der Waals surface area (Å²) in [4.78, 5) is 18.9. The summed E-state index contributed by atoms with van der Waals surface area (Å²) in [5.41, 5.74) is 0. The molecule has 4 heteroatoms. The lowest BCUT2D eigenvalue weighted by Gasteiger charge is -2.14. The van der Waals surface area contributed by atoms with E-state index in [0.29, 0.717) is 5.92 Å². The molecule has 1 aliphatic carbocycles. The van der Waals surface area contributed by atoms with E-state index in [9.17, 15) is 4.79 Å². The Morgan fingerprint density at radius 1 is 1.80 bits per heavy atom. The molecule has 1 saturated carbocycles. The molecule has 2 rings (SSSR count). The standard InChI is InChI=1S/C11H17N3O/c1-3-9(10-12-4-5-13-10)14-11(15)8-6-7(8)2/h4-5,7-9H,3,6H2,1-2H3,(H,12,13)(H,14,15).